The van der Waals surface area contributed by atoms with Gasteiger partial charge >= 0.3 is 5.97 Å². The fraction of sp³-hybridized carbons (Fsp3) is 0. The van der Waals surface area contributed by atoms with Crippen LogP contribution in [0.3, 0.4) is 0 Å². The Balaban J connectivity index is 2.17. The van der Waals surface area contributed by atoms with E-state index in [1.54, 1.807) is 24.3 Å². The van der Waals surface area contributed by atoms with E-state index < -0.39 is 5.97 Å². The number of hydrogen-bond donors (Lipinski definition) is 2. The van der Waals surface area contributed by atoms with Crippen LogP contribution in [-0.4, -0.2) is 21.2 Å². The van der Waals surface area contributed by atoms with Gasteiger partial charge < -0.3 is 10.2 Å². The van der Waals surface area contributed by atoms with E-state index in [1.807, 2.05) is 0 Å². The van der Waals surface area contributed by atoms with Gasteiger partial charge in [-0.25, -0.2) is 9.78 Å². The first-order valence-electron chi connectivity index (χ1n) is 5.67. The molecule has 4 nitrogen and oxygen atoms in total. The molecule has 0 aliphatic carbocycles. The zero-order chi connectivity index (χ0) is 14.3. The molecule has 0 spiro atoms. The molecule has 2 N–H and O–H groups in total. The lowest BCUT2D eigenvalue weighted by Gasteiger charge is -2.00. The Bertz CT molecular complexity index is 828. The number of aromatic hydroxyl groups is 1. The Kier molecular flexibility index (Phi) is 3.08. The quantitative estimate of drug-likeness (QED) is 0.750. The van der Waals surface area contributed by atoms with E-state index in [4.69, 9.17) is 16.7 Å². The SMILES string of the molecule is O=C(O)c1ccc2nc(-c3cc(Cl)ccc3O)sc2c1. The van der Waals surface area contributed by atoms with Crippen LogP contribution in [0, 0.1) is 0 Å². The second kappa shape index (κ2) is 4.77. The maximum atomic E-state index is 10.9. The predicted molar refractivity (Wildman–Crippen MR) is 78.7 cm³/mol. The predicted octanol–water partition coefficient (Wildman–Crippen LogP) is 4.02. The summed E-state index contributed by atoms with van der Waals surface area (Å²) in [6.07, 6.45) is 0. The molecule has 0 saturated carbocycles. The van der Waals surface area contributed by atoms with Crippen molar-refractivity contribution >= 4 is 39.1 Å². The van der Waals surface area contributed by atoms with Crippen molar-refractivity contribution in [1.82, 2.24) is 4.98 Å². The van der Waals surface area contributed by atoms with Crippen molar-refractivity contribution < 1.29 is 15.0 Å². The number of aromatic carboxylic acids is 1. The molecule has 0 aliphatic heterocycles. The van der Waals surface area contributed by atoms with Crippen LogP contribution in [0.1, 0.15) is 10.4 Å². The molecule has 1 heterocycles. The van der Waals surface area contributed by atoms with Crippen molar-refractivity contribution in [2.45, 2.75) is 0 Å². The van der Waals surface area contributed by atoms with Crippen LogP contribution in [-0.2, 0) is 0 Å². The molecule has 2 aromatic carbocycles. The minimum absolute atomic E-state index is 0.0897. The van der Waals surface area contributed by atoms with Crippen molar-refractivity contribution in [3.05, 3.63) is 47.0 Å². The number of aromatic nitrogens is 1. The highest BCUT2D eigenvalue weighted by Crippen LogP contribution is 2.36. The van der Waals surface area contributed by atoms with Crippen LogP contribution in [0.4, 0.5) is 0 Å². The maximum absolute atomic E-state index is 10.9. The van der Waals surface area contributed by atoms with E-state index in [-0.39, 0.29) is 11.3 Å². The summed E-state index contributed by atoms with van der Waals surface area (Å²) in [6.45, 7) is 0. The summed E-state index contributed by atoms with van der Waals surface area (Å²) in [6, 6.07) is 9.46. The standard InChI is InChI=1S/C14H8ClNO3S/c15-8-2-4-11(17)9(6-8)13-16-10-3-1-7(14(18)19)5-12(10)20-13/h1-6,17H,(H,18,19). The normalized spacial score (nSPS) is 10.8. The molecular weight excluding hydrogens is 298 g/mol. The largest absolute Gasteiger partial charge is 0.507 e. The van der Waals surface area contributed by atoms with Gasteiger partial charge in [-0.2, -0.15) is 0 Å². The summed E-state index contributed by atoms with van der Waals surface area (Å²) in [4.78, 5) is 15.3. The Morgan fingerprint density at radius 2 is 2.00 bits per heavy atom. The van der Waals surface area contributed by atoms with E-state index in [0.29, 0.717) is 21.1 Å². The third-order valence-corrected chi connectivity index (χ3v) is 4.11. The van der Waals surface area contributed by atoms with Gasteiger partial charge in [-0.3, -0.25) is 0 Å². The van der Waals surface area contributed by atoms with E-state index in [1.165, 1.54) is 23.5 Å². The lowest BCUT2D eigenvalue weighted by atomic mass is 10.2. The molecule has 20 heavy (non-hydrogen) atoms. The number of carboxylic acid groups (broad SMARTS) is 1. The molecule has 100 valence electrons. The van der Waals surface area contributed by atoms with Crippen LogP contribution >= 0.6 is 22.9 Å². The van der Waals surface area contributed by atoms with Gasteiger partial charge in [-0.15, -0.1) is 11.3 Å². The molecule has 3 rings (SSSR count). The van der Waals surface area contributed by atoms with Crippen molar-refractivity contribution in [2.75, 3.05) is 0 Å². The third kappa shape index (κ3) is 2.21. The van der Waals surface area contributed by atoms with E-state index in [0.717, 1.165) is 4.70 Å². The average molecular weight is 306 g/mol. The maximum Gasteiger partial charge on any atom is 0.335 e. The van der Waals surface area contributed by atoms with Gasteiger partial charge in [0.15, 0.2) is 0 Å². The van der Waals surface area contributed by atoms with Crippen LogP contribution in [0.5, 0.6) is 5.75 Å². The topological polar surface area (TPSA) is 70.4 Å². The first kappa shape index (κ1) is 12.9. The Labute approximate surface area is 122 Å². The van der Waals surface area contributed by atoms with Crippen LogP contribution < -0.4 is 0 Å². The summed E-state index contributed by atoms with van der Waals surface area (Å²) >= 11 is 7.23. The summed E-state index contributed by atoms with van der Waals surface area (Å²) in [5, 5.41) is 19.9. The summed E-state index contributed by atoms with van der Waals surface area (Å²) < 4.78 is 0.749. The Morgan fingerprint density at radius 1 is 1.20 bits per heavy atom. The second-order valence-corrected chi connectivity index (χ2v) is 5.64. The number of rotatable bonds is 2. The Morgan fingerprint density at radius 3 is 2.75 bits per heavy atom. The number of fused-ring (bicyclic) bond motifs is 1. The molecule has 3 aromatic rings. The summed E-state index contributed by atoms with van der Waals surface area (Å²) in [5.74, 6) is -0.889. The fourth-order valence-electron chi connectivity index (χ4n) is 1.85. The van der Waals surface area contributed by atoms with Gasteiger partial charge in [0, 0.05) is 5.02 Å². The number of halogens is 1. The molecule has 0 radical (unpaired) electrons. The fourth-order valence-corrected chi connectivity index (χ4v) is 3.05. The first-order valence-corrected chi connectivity index (χ1v) is 6.87. The highest BCUT2D eigenvalue weighted by atomic mass is 35.5. The van der Waals surface area contributed by atoms with E-state index in [2.05, 4.69) is 4.98 Å². The van der Waals surface area contributed by atoms with Crippen LogP contribution in [0.25, 0.3) is 20.8 Å². The molecule has 1 aromatic heterocycles. The van der Waals surface area contributed by atoms with Gasteiger partial charge in [-0.05, 0) is 36.4 Å². The number of carboxylic acids is 1. The van der Waals surface area contributed by atoms with Crippen molar-refractivity contribution in [3.8, 4) is 16.3 Å². The Hall–Kier alpha value is -2.11. The lowest BCUT2D eigenvalue weighted by Crippen LogP contribution is -1.94. The number of benzene rings is 2. The molecule has 0 atom stereocenters. The van der Waals surface area contributed by atoms with Crippen molar-refractivity contribution in [1.29, 1.82) is 0 Å². The molecule has 0 bridgehead atoms. The highest BCUT2D eigenvalue weighted by molar-refractivity contribution is 7.21. The van der Waals surface area contributed by atoms with Crippen molar-refractivity contribution in [3.63, 3.8) is 0 Å². The number of carbonyl (C=O) groups is 1. The van der Waals surface area contributed by atoms with Gasteiger partial charge in [0.25, 0.3) is 0 Å². The molecule has 0 aliphatic rings. The van der Waals surface area contributed by atoms with Gasteiger partial charge in [0.1, 0.15) is 10.8 Å². The summed E-state index contributed by atoms with van der Waals surface area (Å²) in [7, 11) is 0. The van der Waals surface area contributed by atoms with Gasteiger partial charge in [0.05, 0.1) is 21.3 Å². The summed E-state index contributed by atoms with van der Waals surface area (Å²) in [5.41, 5.74) is 1.44. The average Bonchev–Trinajstić information content (AvgIpc) is 2.83. The van der Waals surface area contributed by atoms with Crippen LogP contribution in [0.15, 0.2) is 36.4 Å². The minimum atomic E-state index is -0.979. The minimum Gasteiger partial charge on any atom is -0.507 e. The smallest absolute Gasteiger partial charge is 0.335 e. The zero-order valence-corrected chi connectivity index (χ0v) is 11.6. The molecular formula is C14H8ClNO3S. The monoisotopic (exact) mass is 305 g/mol. The highest BCUT2D eigenvalue weighted by Gasteiger charge is 2.12. The second-order valence-electron chi connectivity index (χ2n) is 4.17. The number of nitrogens with zero attached hydrogens (tertiary/aromatic N) is 1. The molecule has 0 amide bonds. The first-order chi connectivity index (χ1) is 9.54. The molecule has 0 fully saturated rings. The van der Waals surface area contributed by atoms with E-state index in [9.17, 15) is 9.90 Å². The van der Waals surface area contributed by atoms with Crippen molar-refractivity contribution in [2.24, 2.45) is 0 Å². The zero-order valence-electron chi connectivity index (χ0n) is 10.0. The number of thiazole rings is 1. The van der Waals surface area contributed by atoms with E-state index >= 15 is 0 Å². The van der Waals surface area contributed by atoms with Gasteiger partial charge in [-0.1, -0.05) is 11.6 Å². The van der Waals surface area contributed by atoms with Gasteiger partial charge in [0.2, 0.25) is 0 Å². The molecule has 0 saturated heterocycles. The number of phenolic OH excluding ortho intramolecular Hbond substituents is 1. The van der Waals surface area contributed by atoms with Crippen LogP contribution in [0.2, 0.25) is 5.02 Å². The molecule has 6 heteroatoms. The number of phenols is 1. The lowest BCUT2D eigenvalue weighted by molar-refractivity contribution is 0.0697. The third-order valence-electron chi connectivity index (χ3n) is 2.82. The molecule has 0 unspecified atom stereocenters. The number of hydrogen-bond acceptors (Lipinski definition) is 4.